The minimum absolute atomic E-state index is 0.0469. The van der Waals surface area contributed by atoms with E-state index < -0.39 is 12.1 Å². The number of halogens is 1. The van der Waals surface area contributed by atoms with Gasteiger partial charge in [-0.2, -0.15) is 0 Å². The smallest absolute Gasteiger partial charge is 0.319 e. The van der Waals surface area contributed by atoms with Crippen LogP contribution in [-0.4, -0.2) is 18.0 Å². The van der Waals surface area contributed by atoms with E-state index in [1.54, 1.807) is 12.1 Å². The summed E-state index contributed by atoms with van der Waals surface area (Å²) in [6.07, 6.45) is 0. The van der Waals surface area contributed by atoms with Crippen LogP contribution >= 0.6 is 22.6 Å². The Morgan fingerprint density at radius 2 is 1.58 bits per heavy atom. The number of urea groups is 1. The fraction of sp³-hybridized carbons (Fsp3) is 0.222. The highest BCUT2D eigenvalue weighted by atomic mass is 127. The van der Waals surface area contributed by atoms with Gasteiger partial charge in [0.15, 0.2) is 0 Å². The molecule has 0 fully saturated rings. The molecule has 0 aliphatic carbocycles. The van der Waals surface area contributed by atoms with Crippen LogP contribution in [0.2, 0.25) is 0 Å². The Hall–Kier alpha value is -2.09. The summed E-state index contributed by atoms with van der Waals surface area (Å²) in [4.78, 5) is 24.6. The molecule has 2 aromatic rings. The van der Waals surface area contributed by atoms with Crippen LogP contribution < -0.4 is 16.0 Å². The Kier molecular flexibility index (Phi) is 6.60. The van der Waals surface area contributed by atoms with Crippen LogP contribution in [0, 0.1) is 9.49 Å². The van der Waals surface area contributed by atoms with Crippen molar-refractivity contribution < 1.29 is 9.59 Å². The standard InChI is InChI=1S/C18H20IN3O2/c1-12(2)16(17(23)20-15-10-6-7-13(19)11-15)22-18(24)21-14-8-4-3-5-9-14/h3-12,16H,1-2H3,(H,20,23)(H2,21,22,24)/t16-/m0/s1. The quantitative estimate of drug-likeness (QED) is 0.618. The minimum Gasteiger partial charge on any atom is -0.326 e. The molecule has 0 heterocycles. The molecule has 5 nitrogen and oxygen atoms in total. The number of amides is 3. The van der Waals surface area contributed by atoms with E-state index in [0.717, 1.165) is 3.57 Å². The molecule has 0 aliphatic heterocycles. The molecule has 0 radical (unpaired) electrons. The molecule has 0 spiro atoms. The lowest BCUT2D eigenvalue weighted by Gasteiger charge is -2.22. The van der Waals surface area contributed by atoms with E-state index in [9.17, 15) is 9.59 Å². The van der Waals surface area contributed by atoms with Crippen LogP contribution in [0.1, 0.15) is 13.8 Å². The molecule has 3 amide bonds. The lowest BCUT2D eigenvalue weighted by molar-refractivity contribution is -0.118. The Morgan fingerprint density at radius 1 is 0.917 bits per heavy atom. The second kappa shape index (κ2) is 8.68. The third-order valence-corrected chi connectivity index (χ3v) is 4.03. The number of carbonyl (C=O) groups is 2. The molecule has 2 rings (SSSR count). The van der Waals surface area contributed by atoms with E-state index in [2.05, 4.69) is 38.5 Å². The first kappa shape index (κ1) is 18.3. The van der Waals surface area contributed by atoms with Crippen molar-refractivity contribution in [1.82, 2.24) is 5.32 Å². The summed E-state index contributed by atoms with van der Waals surface area (Å²) in [5, 5.41) is 8.31. The number of benzene rings is 2. The van der Waals surface area contributed by atoms with Crippen molar-refractivity contribution in [2.75, 3.05) is 10.6 Å². The lowest BCUT2D eigenvalue weighted by atomic mass is 10.0. The highest BCUT2D eigenvalue weighted by Gasteiger charge is 2.24. The third-order valence-electron chi connectivity index (χ3n) is 3.36. The van der Waals surface area contributed by atoms with Crippen molar-refractivity contribution in [3.8, 4) is 0 Å². The summed E-state index contributed by atoms with van der Waals surface area (Å²) >= 11 is 2.18. The number of hydrogen-bond donors (Lipinski definition) is 3. The normalized spacial score (nSPS) is 11.7. The second-order valence-corrected chi connectivity index (χ2v) is 6.93. The molecule has 0 bridgehead atoms. The Balaban J connectivity index is 2.00. The largest absolute Gasteiger partial charge is 0.326 e. The van der Waals surface area contributed by atoms with E-state index in [-0.39, 0.29) is 11.8 Å². The van der Waals surface area contributed by atoms with Crippen LogP contribution in [0.5, 0.6) is 0 Å². The van der Waals surface area contributed by atoms with Gasteiger partial charge >= 0.3 is 6.03 Å². The molecule has 2 aromatic carbocycles. The maximum Gasteiger partial charge on any atom is 0.319 e. The number of hydrogen-bond acceptors (Lipinski definition) is 2. The van der Waals surface area contributed by atoms with Crippen LogP contribution in [0.3, 0.4) is 0 Å². The zero-order valence-electron chi connectivity index (χ0n) is 13.5. The zero-order chi connectivity index (χ0) is 17.5. The van der Waals surface area contributed by atoms with Gasteiger partial charge in [0.05, 0.1) is 0 Å². The van der Waals surface area contributed by atoms with Gasteiger partial charge in [0.2, 0.25) is 5.91 Å². The molecule has 3 N–H and O–H groups in total. The van der Waals surface area contributed by atoms with E-state index in [0.29, 0.717) is 11.4 Å². The van der Waals surface area contributed by atoms with Crippen molar-refractivity contribution in [3.05, 3.63) is 58.2 Å². The number of anilines is 2. The third kappa shape index (κ3) is 5.52. The molecule has 6 heteroatoms. The average molecular weight is 437 g/mol. The first-order chi connectivity index (χ1) is 11.5. The van der Waals surface area contributed by atoms with Crippen LogP contribution in [0.25, 0.3) is 0 Å². The van der Waals surface area contributed by atoms with Gasteiger partial charge in [0.1, 0.15) is 6.04 Å². The van der Waals surface area contributed by atoms with Gasteiger partial charge in [-0.05, 0) is 58.8 Å². The molecule has 0 aliphatic rings. The molecule has 0 aromatic heterocycles. The predicted octanol–water partition coefficient (Wildman–Crippen LogP) is 4.08. The maximum atomic E-state index is 12.5. The van der Waals surface area contributed by atoms with Gasteiger partial charge in [-0.3, -0.25) is 4.79 Å². The first-order valence-electron chi connectivity index (χ1n) is 7.64. The minimum atomic E-state index is -0.633. The summed E-state index contributed by atoms with van der Waals surface area (Å²) in [6.45, 7) is 3.78. The Morgan fingerprint density at radius 3 is 2.21 bits per heavy atom. The summed E-state index contributed by atoms with van der Waals surface area (Å²) in [6, 6.07) is 15.6. The molecule has 24 heavy (non-hydrogen) atoms. The van der Waals surface area contributed by atoms with Crippen molar-refractivity contribution >= 4 is 45.9 Å². The second-order valence-electron chi connectivity index (χ2n) is 5.69. The van der Waals surface area contributed by atoms with Crippen molar-refractivity contribution in [1.29, 1.82) is 0 Å². The Labute approximate surface area is 155 Å². The van der Waals surface area contributed by atoms with Gasteiger partial charge < -0.3 is 16.0 Å². The van der Waals surface area contributed by atoms with Crippen molar-refractivity contribution in [3.63, 3.8) is 0 Å². The van der Waals surface area contributed by atoms with Crippen LogP contribution in [0.4, 0.5) is 16.2 Å². The van der Waals surface area contributed by atoms with E-state index >= 15 is 0 Å². The summed E-state index contributed by atoms with van der Waals surface area (Å²) in [7, 11) is 0. The number of para-hydroxylation sites is 1. The van der Waals surface area contributed by atoms with Gasteiger partial charge in [-0.15, -0.1) is 0 Å². The molecular formula is C18H20IN3O2. The zero-order valence-corrected chi connectivity index (χ0v) is 15.7. The van der Waals surface area contributed by atoms with Gasteiger partial charge in [-0.25, -0.2) is 4.79 Å². The van der Waals surface area contributed by atoms with Gasteiger partial charge in [0, 0.05) is 14.9 Å². The highest BCUT2D eigenvalue weighted by molar-refractivity contribution is 14.1. The fourth-order valence-electron chi connectivity index (χ4n) is 2.15. The summed E-state index contributed by atoms with van der Waals surface area (Å²) < 4.78 is 1.03. The van der Waals surface area contributed by atoms with Crippen molar-refractivity contribution in [2.24, 2.45) is 5.92 Å². The molecule has 0 unspecified atom stereocenters. The van der Waals surface area contributed by atoms with Gasteiger partial charge in [0.25, 0.3) is 0 Å². The Bertz CT molecular complexity index is 704. The van der Waals surface area contributed by atoms with E-state index in [1.165, 1.54) is 0 Å². The average Bonchev–Trinajstić information content (AvgIpc) is 2.53. The number of carbonyl (C=O) groups excluding carboxylic acids is 2. The topological polar surface area (TPSA) is 70.2 Å². The summed E-state index contributed by atoms with van der Waals surface area (Å²) in [5.74, 6) is -0.287. The van der Waals surface area contributed by atoms with Crippen molar-refractivity contribution in [2.45, 2.75) is 19.9 Å². The number of nitrogens with one attached hydrogen (secondary N) is 3. The SMILES string of the molecule is CC(C)[C@H](NC(=O)Nc1ccccc1)C(=O)Nc1cccc(I)c1. The molecule has 0 saturated heterocycles. The highest BCUT2D eigenvalue weighted by Crippen LogP contribution is 2.14. The molecule has 126 valence electrons. The fourth-order valence-corrected chi connectivity index (χ4v) is 2.69. The number of rotatable bonds is 5. The maximum absolute atomic E-state index is 12.5. The summed E-state index contributed by atoms with van der Waals surface area (Å²) in [5.41, 5.74) is 1.39. The van der Waals surface area contributed by atoms with E-state index in [1.807, 2.05) is 56.3 Å². The van der Waals surface area contributed by atoms with Crippen LogP contribution in [-0.2, 0) is 4.79 Å². The molecule has 1 atom stereocenters. The van der Waals surface area contributed by atoms with Crippen LogP contribution in [0.15, 0.2) is 54.6 Å². The monoisotopic (exact) mass is 437 g/mol. The first-order valence-corrected chi connectivity index (χ1v) is 8.72. The molecule has 0 saturated carbocycles. The van der Waals surface area contributed by atoms with E-state index in [4.69, 9.17) is 0 Å². The predicted molar refractivity (Wildman–Crippen MR) is 105 cm³/mol. The molecular weight excluding hydrogens is 417 g/mol. The van der Waals surface area contributed by atoms with Gasteiger partial charge in [-0.1, -0.05) is 38.1 Å². The lowest BCUT2D eigenvalue weighted by Crippen LogP contribution is -2.48.